The molecule has 11 heteroatoms. The van der Waals surface area contributed by atoms with Crippen LogP contribution >= 0.6 is 0 Å². The van der Waals surface area contributed by atoms with E-state index in [2.05, 4.69) is 28.5 Å². The fraction of sp³-hybridized carbons (Fsp3) is 0.486. The lowest BCUT2D eigenvalue weighted by Crippen LogP contribution is -2.62. The van der Waals surface area contributed by atoms with Crippen LogP contribution in [0.2, 0.25) is 0 Å². The van der Waals surface area contributed by atoms with E-state index in [0.717, 1.165) is 42.4 Å². The summed E-state index contributed by atoms with van der Waals surface area (Å²) >= 11 is 0. The summed E-state index contributed by atoms with van der Waals surface area (Å²) in [6.45, 7) is 8.39. The highest BCUT2D eigenvalue weighted by atomic mass is 32.2. The molecule has 1 spiro atoms. The van der Waals surface area contributed by atoms with Crippen LogP contribution in [0.15, 0.2) is 53.4 Å². The summed E-state index contributed by atoms with van der Waals surface area (Å²) in [7, 11) is -0.551. The Balaban J connectivity index is 1.39. The molecule has 2 aromatic carbocycles. The molecule has 1 N–H and O–H groups in total. The van der Waals surface area contributed by atoms with E-state index in [1.807, 2.05) is 36.9 Å². The van der Waals surface area contributed by atoms with Crippen LogP contribution in [0.4, 0.5) is 5.95 Å². The van der Waals surface area contributed by atoms with E-state index < -0.39 is 10.0 Å². The van der Waals surface area contributed by atoms with Crippen molar-refractivity contribution >= 4 is 27.8 Å². The molecular formula is C35H43N5O5S. The molecule has 3 aliphatic rings. The first-order valence-electron chi connectivity index (χ1n) is 16.0. The summed E-state index contributed by atoms with van der Waals surface area (Å²) in [5.41, 5.74) is 3.76. The number of sulfonamides is 1. The number of fused-ring (bicyclic) bond motifs is 4. The molecule has 244 valence electrons. The maximum atomic E-state index is 14.4. The van der Waals surface area contributed by atoms with Crippen LogP contribution in [-0.2, 0) is 14.8 Å². The quantitative estimate of drug-likeness (QED) is 0.391. The first-order valence-corrected chi connectivity index (χ1v) is 17.5. The number of hydrogen-bond donors (Lipinski definition) is 1. The lowest BCUT2D eigenvalue weighted by atomic mass is 9.49. The van der Waals surface area contributed by atoms with Gasteiger partial charge < -0.3 is 14.5 Å². The van der Waals surface area contributed by atoms with Crippen LogP contribution in [0.3, 0.4) is 0 Å². The largest absolute Gasteiger partial charge is 0.475 e. The van der Waals surface area contributed by atoms with Crippen LogP contribution < -0.4 is 9.46 Å². The maximum Gasteiger partial charge on any atom is 0.264 e. The van der Waals surface area contributed by atoms with Crippen molar-refractivity contribution in [2.75, 3.05) is 25.4 Å². The second-order valence-corrected chi connectivity index (χ2v) is 15.7. The van der Waals surface area contributed by atoms with E-state index in [0.29, 0.717) is 17.7 Å². The van der Waals surface area contributed by atoms with Crippen molar-refractivity contribution in [3.63, 3.8) is 0 Å². The van der Waals surface area contributed by atoms with Gasteiger partial charge in [0.05, 0.1) is 16.6 Å². The first-order chi connectivity index (χ1) is 21.7. The van der Waals surface area contributed by atoms with Gasteiger partial charge in [-0.1, -0.05) is 38.1 Å². The number of benzene rings is 2. The molecule has 1 aliphatic heterocycles. The second kappa shape index (κ2) is 12.0. The van der Waals surface area contributed by atoms with Crippen molar-refractivity contribution < 1.29 is 22.7 Å². The van der Waals surface area contributed by atoms with Crippen LogP contribution in [0.1, 0.15) is 67.4 Å². The lowest BCUT2D eigenvalue weighted by molar-refractivity contribution is -0.150. The zero-order valence-electron chi connectivity index (χ0n) is 27.4. The van der Waals surface area contributed by atoms with Gasteiger partial charge in [-0.15, -0.1) is 0 Å². The molecule has 10 nitrogen and oxygen atoms in total. The number of aryl methyl sites for hydroxylation is 2. The molecular weight excluding hydrogens is 602 g/mol. The Kier molecular flexibility index (Phi) is 8.33. The van der Waals surface area contributed by atoms with Gasteiger partial charge in [-0.3, -0.25) is 9.59 Å². The number of amides is 2. The molecule has 0 radical (unpaired) electrons. The molecule has 2 fully saturated rings. The van der Waals surface area contributed by atoms with E-state index in [-0.39, 0.29) is 64.5 Å². The lowest BCUT2D eigenvalue weighted by Gasteiger charge is -2.60. The molecule has 1 atom stereocenters. The summed E-state index contributed by atoms with van der Waals surface area (Å²) in [5, 5.41) is 0. The van der Waals surface area contributed by atoms with Crippen LogP contribution in [0.25, 0.3) is 11.3 Å². The standard InChI is InChI=1S/C35H43N5O5S/c1-21(2)13-26-20-45-30-15-29(31-22(3)9-7-10-23(31)4)36-34(37-30)38-46(43,44)28-12-8-11-24(14-28)33(42)40(26)27-18-35(19-27)16-25(17-35)32(41)39(5)6/h7-12,14-15,21,25-27H,13,16-20H2,1-6H3,(H,36,37,38)/t25-,26-,27-,35?/m1/s1. The normalized spacial score (nSPS) is 25.2. The number of carbonyl (C=O) groups is 2. The van der Waals surface area contributed by atoms with Gasteiger partial charge in [-0.25, -0.2) is 18.1 Å². The summed E-state index contributed by atoms with van der Waals surface area (Å²) in [6.07, 6.45) is 3.96. The molecule has 2 amide bonds. The molecule has 1 aromatic heterocycles. The fourth-order valence-corrected chi connectivity index (χ4v) is 8.62. The SMILES string of the molecule is Cc1cccc(C)c1-c1cc2nc(n1)NS(=O)(=O)c1cccc(c1)C(=O)N([C@H]1CC3(C[C@H](C(=O)N(C)C)C3)C1)[C@H](CC(C)C)CO2. The summed E-state index contributed by atoms with van der Waals surface area (Å²) < 4.78 is 36.2. The Morgan fingerprint density at radius 3 is 2.37 bits per heavy atom. The second-order valence-electron chi connectivity index (χ2n) is 14.0. The van der Waals surface area contributed by atoms with Crippen LogP contribution in [0, 0.1) is 31.1 Å². The molecule has 2 heterocycles. The number of hydrogen-bond acceptors (Lipinski definition) is 7. The van der Waals surface area contributed by atoms with E-state index >= 15 is 0 Å². The number of rotatable bonds is 5. The van der Waals surface area contributed by atoms with Gasteiger partial charge >= 0.3 is 0 Å². The number of anilines is 1. The molecule has 0 saturated heterocycles. The highest BCUT2D eigenvalue weighted by Crippen LogP contribution is 2.60. The van der Waals surface area contributed by atoms with Gasteiger partial charge in [0.15, 0.2) is 0 Å². The Morgan fingerprint density at radius 2 is 1.72 bits per heavy atom. The minimum Gasteiger partial charge on any atom is -0.475 e. The summed E-state index contributed by atoms with van der Waals surface area (Å²) in [4.78, 5) is 39.6. The number of carbonyl (C=O) groups excluding carboxylic acids is 2. The molecule has 2 saturated carbocycles. The van der Waals surface area contributed by atoms with Gasteiger partial charge in [0.2, 0.25) is 17.7 Å². The number of nitrogens with zero attached hydrogens (tertiary/aromatic N) is 4. The summed E-state index contributed by atoms with van der Waals surface area (Å²) in [6, 6.07) is 13.5. The third kappa shape index (κ3) is 6.09. The van der Waals surface area contributed by atoms with Crippen molar-refractivity contribution in [3.05, 3.63) is 65.2 Å². The molecule has 0 unspecified atom stereocenters. The zero-order chi connectivity index (χ0) is 33.0. The smallest absolute Gasteiger partial charge is 0.264 e. The third-order valence-electron chi connectivity index (χ3n) is 9.73. The van der Waals surface area contributed by atoms with Crippen molar-refractivity contribution in [1.29, 1.82) is 0 Å². The van der Waals surface area contributed by atoms with Gasteiger partial charge in [0, 0.05) is 43.2 Å². The minimum atomic E-state index is -4.14. The Hall–Kier alpha value is -3.99. The predicted molar refractivity (Wildman–Crippen MR) is 176 cm³/mol. The average Bonchev–Trinajstić information content (AvgIpc) is 2.94. The Labute approximate surface area is 271 Å². The predicted octanol–water partition coefficient (Wildman–Crippen LogP) is 5.46. The third-order valence-corrected chi connectivity index (χ3v) is 11.1. The fourth-order valence-electron chi connectivity index (χ4n) is 7.63. The average molecular weight is 646 g/mol. The molecule has 6 rings (SSSR count). The van der Waals surface area contributed by atoms with E-state index in [1.54, 1.807) is 37.2 Å². The van der Waals surface area contributed by atoms with Crippen molar-refractivity contribution in [2.45, 2.75) is 76.8 Å². The topological polar surface area (TPSA) is 122 Å². The molecule has 3 aromatic rings. The highest BCUT2D eigenvalue weighted by Gasteiger charge is 2.57. The van der Waals surface area contributed by atoms with Gasteiger partial charge in [0.25, 0.3) is 15.9 Å². The maximum absolute atomic E-state index is 14.4. The van der Waals surface area contributed by atoms with E-state index in [4.69, 9.17) is 4.74 Å². The van der Waals surface area contributed by atoms with Gasteiger partial charge in [-0.05, 0) is 86.6 Å². The number of nitrogens with one attached hydrogen (secondary N) is 1. The van der Waals surface area contributed by atoms with Crippen LogP contribution in [-0.4, -0.2) is 72.8 Å². The number of ether oxygens (including phenoxy) is 1. The monoisotopic (exact) mass is 645 g/mol. The van der Waals surface area contributed by atoms with Crippen LogP contribution in [0.5, 0.6) is 5.88 Å². The first kappa shape index (κ1) is 32.0. The van der Waals surface area contributed by atoms with E-state index in [9.17, 15) is 18.0 Å². The van der Waals surface area contributed by atoms with Crippen molar-refractivity contribution in [3.8, 4) is 17.1 Å². The minimum absolute atomic E-state index is 0.0314. The molecule has 46 heavy (non-hydrogen) atoms. The van der Waals surface area contributed by atoms with Gasteiger partial charge in [-0.2, -0.15) is 4.98 Å². The summed E-state index contributed by atoms with van der Waals surface area (Å²) in [5.74, 6) is 0.361. The Morgan fingerprint density at radius 1 is 1.04 bits per heavy atom. The zero-order valence-corrected chi connectivity index (χ0v) is 28.2. The number of aromatic nitrogens is 2. The molecule has 4 bridgehead atoms. The van der Waals surface area contributed by atoms with Crippen molar-refractivity contribution in [2.24, 2.45) is 17.3 Å². The van der Waals surface area contributed by atoms with Crippen molar-refractivity contribution in [1.82, 2.24) is 19.8 Å². The van der Waals surface area contributed by atoms with Gasteiger partial charge in [0.1, 0.15) is 6.61 Å². The molecule has 2 aliphatic carbocycles. The Bertz CT molecular complexity index is 1760. The van der Waals surface area contributed by atoms with E-state index in [1.165, 1.54) is 12.1 Å². The highest BCUT2D eigenvalue weighted by molar-refractivity contribution is 7.92.